The molecular formula is C21H25N3O6S. The summed E-state index contributed by atoms with van der Waals surface area (Å²) in [7, 11) is -2.17. The molecule has 31 heavy (non-hydrogen) atoms. The van der Waals surface area contributed by atoms with Crippen LogP contribution in [0.1, 0.15) is 19.8 Å². The van der Waals surface area contributed by atoms with Gasteiger partial charge >= 0.3 is 5.76 Å². The van der Waals surface area contributed by atoms with Crippen molar-refractivity contribution in [2.45, 2.75) is 37.2 Å². The number of anilines is 1. The third kappa shape index (κ3) is 5.81. The number of aryl methyl sites for hydroxylation is 1. The van der Waals surface area contributed by atoms with Crippen molar-refractivity contribution in [2.24, 2.45) is 0 Å². The molecule has 1 amide bonds. The Bertz CT molecular complexity index is 1200. The highest BCUT2D eigenvalue weighted by Gasteiger charge is 2.17. The van der Waals surface area contributed by atoms with Crippen LogP contribution in [0.15, 0.2) is 62.6 Å². The molecule has 0 radical (unpaired) electrons. The fraction of sp³-hybridized carbons (Fsp3) is 0.333. The Hall–Kier alpha value is -2.95. The molecule has 0 bridgehead atoms. The summed E-state index contributed by atoms with van der Waals surface area (Å²) < 4.78 is 38.8. The van der Waals surface area contributed by atoms with E-state index in [0.717, 1.165) is 0 Å². The molecule has 0 aliphatic carbocycles. The van der Waals surface area contributed by atoms with E-state index in [1.807, 2.05) is 6.07 Å². The van der Waals surface area contributed by atoms with Crippen molar-refractivity contribution < 1.29 is 22.4 Å². The number of rotatable bonds is 10. The van der Waals surface area contributed by atoms with E-state index in [4.69, 9.17) is 9.15 Å². The summed E-state index contributed by atoms with van der Waals surface area (Å²) in [6, 6.07) is 12.7. The molecular weight excluding hydrogens is 422 g/mol. The predicted molar refractivity (Wildman–Crippen MR) is 116 cm³/mol. The molecule has 0 saturated heterocycles. The summed E-state index contributed by atoms with van der Waals surface area (Å²) in [5.74, 6) is -0.685. The maximum atomic E-state index is 12.3. The molecule has 0 aliphatic rings. The molecule has 0 saturated carbocycles. The molecule has 1 heterocycles. The van der Waals surface area contributed by atoms with Gasteiger partial charge in [-0.3, -0.25) is 9.36 Å². The lowest BCUT2D eigenvalue weighted by atomic mass is 10.2. The van der Waals surface area contributed by atoms with Gasteiger partial charge in [-0.15, -0.1) is 0 Å². The summed E-state index contributed by atoms with van der Waals surface area (Å²) >= 11 is 0. The SMILES string of the molecule is COCC(C)NS(=O)(=O)c1ccc(NC(=O)CCCn2c(=O)oc3ccccc32)cc1. The molecule has 2 N–H and O–H groups in total. The number of methoxy groups -OCH3 is 1. The largest absolute Gasteiger partial charge is 0.419 e. The van der Waals surface area contributed by atoms with E-state index in [-0.39, 0.29) is 29.9 Å². The van der Waals surface area contributed by atoms with E-state index >= 15 is 0 Å². The molecule has 2 aromatic carbocycles. The maximum absolute atomic E-state index is 12.3. The number of amides is 1. The Morgan fingerprint density at radius 3 is 2.58 bits per heavy atom. The average molecular weight is 448 g/mol. The van der Waals surface area contributed by atoms with Crippen LogP contribution in [0, 0.1) is 0 Å². The molecule has 0 fully saturated rings. The first-order valence-corrected chi connectivity index (χ1v) is 11.3. The lowest BCUT2D eigenvalue weighted by Crippen LogP contribution is -2.35. The van der Waals surface area contributed by atoms with Gasteiger partial charge < -0.3 is 14.5 Å². The predicted octanol–water partition coefficient (Wildman–Crippen LogP) is 2.33. The van der Waals surface area contributed by atoms with Gasteiger partial charge in [0.1, 0.15) is 0 Å². The minimum absolute atomic E-state index is 0.0969. The normalized spacial score (nSPS) is 12.7. The van der Waals surface area contributed by atoms with Crippen molar-refractivity contribution in [1.82, 2.24) is 9.29 Å². The number of para-hydroxylation sites is 2. The first-order chi connectivity index (χ1) is 14.8. The van der Waals surface area contributed by atoms with Crippen LogP contribution in [0.2, 0.25) is 0 Å². The van der Waals surface area contributed by atoms with Gasteiger partial charge in [0.15, 0.2) is 5.58 Å². The first-order valence-electron chi connectivity index (χ1n) is 9.79. The van der Waals surface area contributed by atoms with Crippen molar-refractivity contribution in [3.8, 4) is 0 Å². The number of nitrogens with zero attached hydrogens (tertiary/aromatic N) is 1. The second-order valence-electron chi connectivity index (χ2n) is 7.14. The summed E-state index contributed by atoms with van der Waals surface area (Å²) in [5, 5.41) is 2.73. The van der Waals surface area contributed by atoms with E-state index in [1.165, 1.54) is 35.9 Å². The van der Waals surface area contributed by atoms with Crippen molar-refractivity contribution in [3.05, 3.63) is 59.1 Å². The van der Waals surface area contributed by atoms with Crippen LogP contribution in [0.3, 0.4) is 0 Å². The number of hydrogen-bond donors (Lipinski definition) is 2. The van der Waals surface area contributed by atoms with Crippen LogP contribution in [0.25, 0.3) is 11.1 Å². The minimum atomic E-state index is -3.67. The first kappa shape index (κ1) is 22.7. The highest BCUT2D eigenvalue weighted by atomic mass is 32.2. The van der Waals surface area contributed by atoms with Gasteiger partial charge in [0.05, 0.1) is 17.0 Å². The van der Waals surface area contributed by atoms with Crippen LogP contribution in [-0.2, 0) is 26.1 Å². The second kappa shape index (κ2) is 9.90. The molecule has 9 nitrogen and oxygen atoms in total. The van der Waals surface area contributed by atoms with Crippen LogP contribution in [0.4, 0.5) is 5.69 Å². The van der Waals surface area contributed by atoms with Gasteiger partial charge in [0.2, 0.25) is 15.9 Å². The van der Waals surface area contributed by atoms with Gasteiger partial charge in [-0.2, -0.15) is 0 Å². The fourth-order valence-electron chi connectivity index (χ4n) is 3.18. The third-order valence-corrected chi connectivity index (χ3v) is 6.19. The Labute approximate surface area is 180 Å². The van der Waals surface area contributed by atoms with Gasteiger partial charge in [0, 0.05) is 31.8 Å². The Balaban J connectivity index is 1.54. The molecule has 10 heteroatoms. The standard InChI is InChI=1S/C21H25N3O6S/c1-15(14-29-2)23-31(27,28)17-11-9-16(10-12-17)22-20(25)8-5-13-24-18-6-3-4-7-19(18)30-21(24)26/h3-4,6-7,9-12,15,23H,5,8,13-14H2,1-2H3,(H,22,25). The summed E-state index contributed by atoms with van der Waals surface area (Å²) in [6.07, 6.45) is 0.644. The van der Waals surface area contributed by atoms with Crippen LogP contribution < -0.4 is 15.8 Å². The van der Waals surface area contributed by atoms with Crippen molar-refractivity contribution >= 4 is 32.7 Å². The zero-order valence-corrected chi connectivity index (χ0v) is 18.1. The number of ether oxygens (including phenoxy) is 1. The van der Waals surface area contributed by atoms with E-state index < -0.39 is 15.8 Å². The van der Waals surface area contributed by atoms with Gasteiger partial charge in [-0.05, 0) is 49.7 Å². The number of carbonyl (C=O) groups excluding carboxylic acids is 1. The monoisotopic (exact) mass is 447 g/mol. The third-order valence-electron chi connectivity index (χ3n) is 4.58. The van der Waals surface area contributed by atoms with Crippen LogP contribution in [-0.4, -0.2) is 38.7 Å². The van der Waals surface area contributed by atoms with E-state index in [0.29, 0.717) is 29.8 Å². The number of carbonyl (C=O) groups is 1. The number of fused-ring (bicyclic) bond motifs is 1. The molecule has 1 aromatic heterocycles. The topological polar surface area (TPSA) is 120 Å². The highest BCUT2D eigenvalue weighted by Crippen LogP contribution is 2.16. The van der Waals surface area contributed by atoms with E-state index in [1.54, 1.807) is 25.1 Å². The lowest BCUT2D eigenvalue weighted by molar-refractivity contribution is -0.116. The minimum Gasteiger partial charge on any atom is -0.408 e. The zero-order valence-electron chi connectivity index (χ0n) is 17.3. The summed E-state index contributed by atoms with van der Waals surface area (Å²) in [4.78, 5) is 24.3. The summed E-state index contributed by atoms with van der Waals surface area (Å²) in [6.45, 7) is 2.32. The molecule has 0 aliphatic heterocycles. The molecule has 166 valence electrons. The molecule has 0 spiro atoms. The fourth-order valence-corrected chi connectivity index (χ4v) is 4.41. The van der Waals surface area contributed by atoms with Crippen LogP contribution >= 0.6 is 0 Å². The average Bonchev–Trinajstić information content (AvgIpc) is 3.03. The quantitative estimate of drug-likeness (QED) is 0.492. The number of sulfonamides is 1. The van der Waals surface area contributed by atoms with Crippen molar-refractivity contribution in [3.63, 3.8) is 0 Å². The number of nitrogens with one attached hydrogen (secondary N) is 2. The number of hydrogen-bond acceptors (Lipinski definition) is 6. The van der Waals surface area contributed by atoms with E-state index in [2.05, 4.69) is 10.0 Å². The molecule has 1 unspecified atom stereocenters. The Morgan fingerprint density at radius 2 is 1.87 bits per heavy atom. The Morgan fingerprint density at radius 1 is 1.16 bits per heavy atom. The van der Waals surface area contributed by atoms with Gasteiger partial charge in [-0.25, -0.2) is 17.9 Å². The second-order valence-corrected chi connectivity index (χ2v) is 8.86. The zero-order chi connectivity index (χ0) is 22.4. The summed E-state index contributed by atoms with van der Waals surface area (Å²) in [5.41, 5.74) is 1.69. The molecule has 3 aromatic rings. The van der Waals surface area contributed by atoms with Crippen LogP contribution in [0.5, 0.6) is 0 Å². The van der Waals surface area contributed by atoms with Gasteiger partial charge in [0.25, 0.3) is 0 Å². The number of oxazole rings is 1. The number of benzene rings is 2. The molecule has 1 atom stereocenters. The van der Waals surface area contributed by atoms with Crippen molar-refractivity contribution in [2.75, 3.05) is 19.0 Å². The number of aromatic nitrogens is 1. The smallest absolute Gasteiger partial charge is 0.408 e. The maximum Gasteiger partial charge on any atom is 0.419 e. The lowest BCUT2D eigenvalue weighted by Gasteiger charge is -2.13. The Kier molecular flexibility index (Phi) is 7.26. The molecule has 3 rings (SSSR count). The van der Waals surface area contributed by atoms with Crippen molar-refractivity contribution in [1.29, 1.82) is 0 Å². The highest BCUT2D eigenvalue weighted by molar-refractivity contribution is 7.89. The van der Waals surface area contributed by atoms with Gasteiger partial charge in [-0.1, -0.05) is 12.1 Å². The van der Waals surface area contributed by atoms with E-state index in [9.17, 15) is 18.0 Å².